The van der Waals surface area contributed by atoms with Crippen LogP contribution < -0.4 is 29.2 Å². The SMILES string of the molecule is CN.N.NC(N)=NN=O.N[N+](=O)[O-]. The van der Waals surface area contributed by atoms with Gasteiger partial charge in [-0.2, -0.15) is 5.84 Å². The number of hydrogen-bond acceptors (Lipinski definition) is 6. The molecule has 0 aliphatic carbocycles. The predicted octanol–water partition coefficient (Wildman–Crippen LogP) is -2.19. The van der Waals surface area contributed by atoms with Crippen LogP contribution in [-0.4, -0.2) is 18.0 Å². The minimum atomic E-state index is -1.00. The molecule has 0 aromatic rings. The molecule has 0 bridgehead atoms. The Labute approximate surface area is 73.8 Å². The van der Waals surface area contributed by atoms with Gasteiger partial charge in [0.25, 0.3) is 0 Å². The Morgan fingerprint density at radius 3 is 1.62 bits per heavy atom. The zero-order chi connectivity index (χ0) is 10.6. The molecule has 80 valence electrons. The molecule has 0 atom stereocenters. The lowest BCUT2D eigenvalue weighted by Crippen LogP contribution is -2.21. The standard InChI is InChI=1S/CH4N4O.CH5N.H2N2O2.H3N/c2-1(3)4-5-6;1-2;1-2(3)4;/h(H4,2,3,4,6);2H2,1H3;1H2;1H3. The third-order valence-electron chi connectivity index (χ3n) is 0.156. The first kappa shape index (κ1) is 22.4. The van der Waals surface area contributed by atoms with Crippen LogP contribution in [0.1, 0.15) is 0 Å². The highest BCUT2D eigenvalue weighted by Crippen LogP contribution is 1.58. The number of nitrogens with two attached hydrogens (primary N) is 4. The smallest absolute Gasteiger partial charge is 0.214 e. The second-order valence-electron chi connectivity index (χ2n) is 0.892. The van der Waals surface area contributed by atoms with E-state index in [1.165, 1.54) is 7.05 Å². The van der Waals surface area contributed by atoms with Crippen LogP contribution in [-0.2, 0) is 0 Å². The molecule has 0 aliphatic heterocycles. The first-order valence-electron chi connectivity index (χ1n) is 2.38. The van der Waals surface area contributed by atoms with E-state index in [9.17, 15) is 0 Å². The van der Waals surface area contributed by atoms with E-state index >= 15 is 0 Å². The Morgan fingerprint density at radius 1 is 1.38 bits per heavy atom. The summed E-state index contributed by atoms with van der Waals surface area (Å²) in [5.41, 5.74) is 13.8. The minimum absolute atomic E-state index is 0. The average Bonchev–Trinajstić information content (AvgIpc) is 1.90. The van der Waals surface area contributed by atoms with Gasteiger partial charge < -0.3 is 23.4 Å². The lowest BCUT2D eigenvalue weighted by Gasteiger charge is -1.74. The average molecular weight is 198 g/mol. The molecule has 13 heavy (non-hydrogen) atoms. The van der Waals surface area contributed by atoms with E-state index in [1.54, 1.807) is 0 Å². The van der Waals surface area contributed by atoms with Crippen molar-refractivity contribution in [1.29, 1.82) is 0 Å². The van der Waals surface area contributed by atoms with Crippen LogP contribution in [0.5, 0.6) is 0 Å². The van der Waals surface area contributed by atoms with E-state index in [2.05, 4.69) is 28.1 Å². The Bertz CT molecular complexity index is 136. The third kappa shape index (κ3) is 651. The summed E-state index contributed by atoms with van der Waals surface area (Å²) < 4.78 is 0. The number of nitro groups is 1. The van der Waals surface area contributed by atoms with Crippen molar-refractivity contribution in [2.75, 3.05) is 7.05 Å². The quantitative estimate of drug-likeness (QED) is 0.0774. The molecule has 0 heterocycles. The largest absolute Gasteiger partial charge is 0.368 e. The van der Waals surface area contributed by atoms with Crippen LogP contribution in [0.2, 0.25) is 0 Å². The van der Waals surface area contributed by atoms with Gasteiger partial charge in [0.2, 0.25) is 5.96 Å². The molecule has 0 fully saturated rings. The van der Waals surface area contributed by atoms with Crippen molar-refractivity contribution < 1.29 is 5.03 Å². The van der Waals surface area contributed by atoms with Gasteiger partial charge in [0.1, 0.15) is 0 Å². The summed E-state index contributed by atoms with van der Waals surface area (Å²) in [5, 5.41) is 12.3. The van der Waals surface area contributed by atoms with E-state index in [4.69, 9.17) is 15.0 Å². The molecule has 0 aromatic carbocycles. The van der Waals surface area contributed by atoms with Gasteiger partial charge in [-0.15, -0.1) is 4.91 Å². The Hall–Kier alpha value is -2.01. The Balaban J connectivity index is -0.0000000512. The monoisotopic (exact) mass is 198 g/mol. The fraction of sp³-hybridized carbons (Fsp3) is 0.500. The van der Waals surface area contributed by atoms with Gasteiger partial charge in [-0.3, -0.25) is 0 Å². The van der Waals surface area contributed by atoms with E-state index < -0.39 is 5.03 Å². The van der Waals surface area contributed by atoms with Crippen LogP contribution in [0, 0.1) is 15.0 Å². The maximum Gasteiger partial charge on any atom is 0.214 e. The van der Waals surface area contributed by atoms with Crippen molar-refractivity contribution in [1.82, 2.24) is 6.15 Å². The summed E-state index contributed by atoms with van der Waals surface area (Å²) in [5.74, 6) is 3.52. The summed E-state index contributed by atoms with van der Waals surface area (Å²) in [6.45, 7) is 0. The summed E-state index contributed by atoms with van der Waals surface area (Å²) in [6.07, 6.45) is 0. The highest BCUT2D eigenvalue weighted by atomic mass is 16.7. The minimum Gasteiger partial charge on any atom is -0.368 e. The number of hydrogen-bond donors (Lipinski definition) is 5. The highest BCUT2D eigenvalue weighted by Gasteiger charge is 1.69. The van der Waals surface area contributed by atoms with Gasteiger partial charge in [0, 0.05) is 0 Å². The molecule has 0 unspecified atom stereocenters. The Morgan fingerprint density at radius 2 is 1.62 bits per heavy atom. The molecule has 0 spiro atoms. The van der Waals surface area contributed by atoms with Crippen molar-refractivity contribution in [3.05, 3.63) is 15.0 Å². The molecule has 11 nitrogen and oxygen atoms in total. The number of hydrazine groups is 1. The van der Waals surface area contributed by atoms with Gasteiger partial charge in [0.15, 0.2) is 5.03 Å². The second kappa shape index (κ2) is 22.5. The van der Waals surface area contributed by atoms with Gasteiger partial charge in [-0.1, -0.05) is 5.10 Å². The first-order valence-corrected chi connectivity index (χ1v) is 2.38. The number of rotatable bonds is 1. The number of nitrogens with zero attached hydrogens (tertiary/aromatic N) is 3. The fourth-order valence-corrected chi connectivity index (χ4v) is 0.0471. The van der Waals surface area contributed by atoms with Gasteiger partial charge in [0.05, 0.1) is 5.29 Å². The molecule has 0 aromatic heterocycles. The first-order chi connectivity index (χ1) is 5.50. The van der Waals surface area contributed by atoms with E-state index in [0.717, 1.165) is 0 Å². The van der Waals surface area contributed by atoms with Crippen LogP contribution in [0.25, 0.3) is 0 Å². The van der Waals surface area contributed by atoms with Crippen LogP contribution in [0.4, 0.5) is 0 Å². The zero-order valence-corrected chi connectivity index (χ0v) is 7.08. The summed E-state index contributed by atoms with van der Waals surface area (Å²) in [7, 11) is 1.50. The van der Waals surface area contributed by atoms with Gasteiger partial charge >= 0.3 is 0 Å². The third-order valence-corrected chi connectivity index (χ3v) is 0.156. The lowest BCUT2D eigenvalue weighted by molar-refractivity contribution is -0.491. The maximum atomic E-state index is 9.02. The predicted molar refractivity (Wildman–Crippen MR) is 47.9 cm³/mol. The molecule has 11 N–H and O–H groups in total. The van der Waals surface area contributed by atoms with Crippen LogP contribution >= 0.6 is 0 Å². The maximum absolute atomic E-state index is 9.02. The second-order valence-corrected chi connectivity index (χ2v) is 0.892. The van der Waals surface area contributed by atoms with Gasteiger partial charge in [-0.05, 0) is 7.05 Å². The van der Waals surface area contributed by atoms with E-state index in [0.29, 0.717) is 0 Å². The molecule has 0 saturated heterocycles. The highest BCUT2D eigenvalue weighted by molar-refractivity contribution is 5.75. The molecule has 0 amide bonds. The summed E-state index contributed by atoms with van der Waals surface area (Å²) >= 11 is 0. The number of guanidine groups is 1. The zero-order valence-electron chi connectivity index (χ0n) is 7.08. The molecule has 11 heteroatoms. The van der Waals surface area contributed by atoms with Crippen LogP contribution in [0.3, 0.4) is 0 Å². The van der Waals surface area contributed by atoms with Crippen molar-refractivity contribution in [2.24, 2.45) is 33.4 Å². The molecular formula is C2H14N8O3. The fourth-order valence-electron chi connectivity index (χ4n) is 0.0471. The molecule has 0 saturated carbocycles. The topological polar surface area (TPSA) is 224 Å². The van der Waals surface area contributed by atoms with Crippen molar-refractivity contribution in [2.45, 2.75) is 0 Å². The van der Waals surface area contributed by atoms with Gasteiger partial charge in [-0.25, -0.2) is 10.1 Å². The lowest BCUT2D eigenvalue weighted by atomic mass is 11.1. The molecule has 0 aliphatic rings. The van der Waals surface area contributed by atoms with Crippen molar-refractivity contribution >= 4 is 5.96 Å². The van der Waals surface area contributed by atoms with Crippen LogP contribution in [0.15, 0.2) is 10.4 Å². The van der Waals surface area contributed by atoms with E-state index in [1.807, 2.05) is 5.29 Å². The summed E-state index contributed by atoms with van der Waals surface area (Å²) in [4.78, 5) is 17.6. The Kier molecular flexibility index (Phi) is 38.9. The molecular weight excluding hydrogens is 184 g/mol. The number of nitroso groups, excluding NO2 is 1. The normalized spacial score (nSPS) is 5.38. The summed E-state index contributed by atoms with van der Waals surface area (Å²) in [6, 6.07) is 0. The van der Waals surface area contributed by atoms with E-state index in [-0.39, 0.29) is 12.1 Å². The van der Waals surface area contributed by atoms with Crippen molar-refractivity contribution in [3.63, 3.8) is 0 Å². The molecule has 0 radical (unpaired) electrons. The van der Waals surface area contributed by atoms with Crippen molar-refractivity contribution in [3.8, 4) is 0 Å². The molecule has 0 rings (SSSR count).